The Morgan fingerprint density at radius 1 is 1.31 bits per heavy atom. The van der Waals surface area contributed by atoms with Crippen LogP contribution in [-0.2, 0) is 6.54 Å². The first-order chi connectivity index (χ1) is 14.0. The second-order valence-electron chi connectivity index (χ2n) is 8.12. The minimum absolute atomic E-state index is 0.0819. The Morgan fingerprint density at radius 3 is 2.97 bits per heavy atom. The molecule has 5 rings (SSSR count). The lowest BCUT2D eigenvalue weighted by Crippen LogP contribution is -2.33. The highest BCUT2D eigenvalue weighted by Gasteiger charge is 2.39. The summed E-state index contributed by atoms with van der Waals surface area (Å²) in [5, 5.41) is 5.61. The number of rotatable bonds is 3. The summed E-state index contributed by atoms with van der Waals surface area (Å²) in [7, 11) is 2.19. The maximum absolute atomic E-state index is 4.36. The summed E-state index contributed by atoms with van der Waals surface area (Å²) in [6.07, 6.45) is 13.6. The Balaban J connectivity index is 1.54. The molecule has 0 unspecified atom stereocenters. The van der Waals surface area contributed by atoms with E-state index in [9.17, 15) is 0 Å². The maximum atomic E-state index is 4.36. The smallest absolute Gasteiger partial charge is 0.262 e. The molecule has 0 amide bonds. The van der Waals surface area contributed by atoms with Crippen LogP contribution in [0.15, 0.2) is 53.4 Å². The fourth-order valence-corrected chi connectivity index (χ4v) is 6.56. The minimum Gasteiger partial charge on any atom is -0.347 e. The van der Waals surface area contributed by atoms with E-state index in [0.29, 0.717) is 0 Å². The van der Waals surface area contributed by atoms with Crippen LogP contribution in [0.3, 0.4) is 0 Å². The van der Waals surface area contributed by atoms with E-state index < -0.39 is 0 Å². The van der Waals surface area contributed by atoms with Gasteiger partial charge in [-0.3, -0.25) is 0 Å². The largest absolute Gasteiger partial charge is 0.347 e. The van der Waals surface area contributed by atoms with Gasteiger partial charge in [-0.25, -0.2) is 0 Å². The summed E-state index contributed by atoms with van der Waals surface area (Å²) in [6, 6.07) is 4.34. The number of hydrogen-bond donors (Lipinski definition) is 0. The lowest BCUT2D eigenvalue weighted by molar-refractivity contribution is -0.665. The number of allylic oxidation sites excluding steroid dienone is 5. The first kappa shape index (κ1) is 18.7. The third kappa shape index (κ3) is 2.81. The molecule has 0 saturated heterocycles. The molecule has 0 bridgehead atoms. The van der Waals surface area contributed by atoms with Crippen LogP contribution in [0.2, 0.25) is 0 Å². The number of benzene rings is 1. The summed E-state index contributed by atoms with van der Waals surface area (Å²) in [5.41, 5.74) is 6.65. The molecule has 0 radical (unpaired) electrons. The summed E-state index contributed by atoms with van der Waals surface area (Å²) >= 11 is 3.26. The molecule has 0 N–H and O–H groups in total. The predicted octanol–water partition coefficient (Wildman–Crippen LogP) is 5.69. The number of hydrogen-bond acceptors (Lipinski definition) is 5. The van der Waals surface area contributed by atoms with Gasteiger partial charge in [0.15, 0.2) is 0 Å². The molecule has 0 spiro atoms. The Bertz CT molecular complexity index is 1240. The van der Waals surface area contributed by atoms with Crippen LogP contribution in [0.4, 0.5) is 0 Å². The molecule has 148 valence electrons. The maximum Gasteiger partial charge on any atom is 0.262 e. The number of fused-ring (bicyclic) bond motifs is 3. The third-order valence-electron chi connectivity index (χ3n) is 6.19. The van der Waals surface area contributed by atoms with Gasteiger partial charge in [0.05, 0.1) is 4.70 Å². The number of nitrogens with zero attached hydrogens (tertiary/aromatic N) is 4. The molecule has 1 aliphatic heterocycles. The van der Waals surface area contributed by atoms with Crippen LogP contribution in [0, 0.1) is 5.41 Å². The van der Waals surface area contributed by atoms with Gasteiger partial charge in [-0.1, -0.05) is 41.8 Å². The number of aryl methyl sites for hydroxylation is 1. The third-order valence-corrected chi connectivity index (χ3v) is 8.05. The van der Waals surface area contributed by atoms with Gasteiger partial charge in [0.25, 0.3) is 5.01 Å². The molecule has 1 aliphatic carbocycles. The molecule has 0 saturated carbocycles. The van der Waals surface area contributed by atoms with Crippen LogP contribution in [0.1, 0.15) is 38.6 Å². The van der Waals surface area contributed by atoms with E-state index >= 15 is 0 Å². The Morgan fingerprint density at radius 2 is 2.17 bits per heavy atom. The van der Waals surface area contributed by atoms with Gasteiger partial charge < -0.3 is 4.90 Å². The van der Waals surface area contributed by atoms with Crippen molar-refractivity contribution in [2.24, 2.45) is 5.41 Å². The highest BCUT2D eigenvalue weighted by Crippen LogP contribution is 2.49. The van der Waals surface area contributed by atoms with E-state index in [-0.39, 0.29) is 5.41 Å². The van der Waals surface area contributed by atoms with Crippen molar-refractivity contribution >= 4 is 49.4 Å². The summed E-state index contributed by atoms with van der Waals surface area (Å²) in [4.78, 5) is 2.36. The number of thiazole rings is 1. The minimum atomic E-state index is 0.0819. The van der Waals surface area contributed by atoms with Gasteiger partial charge in [-0.05, 0) is 55.1 Å². The van der Waals surface area contributed by atoms with Crippen LogP contribution >= 0.6 is 22.9 Å². The summed E-state index contributed by atoms with van der Waals surface area (Å²) < 4.78 is 8.88. The molecule has 0 atom stereocenters. The van der Waals surface area contributed by atoms with E-state index in [0.717, 1.165) is 29.6 Å². The Labute approximate surface area is 179 Å². The summed E-state index contributed by atoms with van der Waals surface area (Å²) in [6.45, 7) is 7.83. The molecule has 0 fully saturated rings. The van der Waals surface area contributed by atoms with Gasteiger partial charge in [0, 0.05) is 36.0 Å². The van der Waals surface area contributed by atoms with Crippen LogP contribution < -0.4 is 4.57 Å². The molecule has 29 heavy (non-hydrogen) atoms. The van der Waals surface area contributed by atoms with Crippen molar-refractivity contribution in [3.63, 3.8) is 0 Å². The van der Waals surface area contributed by atoms with Gasteiger partial charge >= 0.3 is 0 Å². The van der Waals surface area contributed by atoms with Gasteiger partial charge in [0.1, 0.15) is 16.8 Å². The second-order valence-corrected chi connectivity index (χ2v) is 9.93. The van der Waals surface area contributed by atoms with E-state index in [1.807, 2.05) is 0 Å². The molecule has 1 aromatic carbocycles. The van der Waals surface area contributed by atoms with Gasteiger partial charge in [-0.2, -0.15) is 4.57 Å². The van der Waals surface area contributed by atoms with E-state index in [1.165, 1.54) is 38.2 Å². The van der Waals surface area contributed by atoms with Crippen LogP contribution in [-0.4, -0.2) is 21.5 Å². The highest BCUT2D eigenvalue weighted by molar-refractivity contribution is 7.21. The zero-order chi connectivity index (χ0) is 20.2. The monoisotopic (exact) mass is 421 g/mol. The van der Waals surface area contributed by atoms with Crippen molar-refractivity contribution in [3.8, 4) is 0 Å². The molecule has 3 aromatic rings. The molecular formula is C23H25N4S2+. The van der Waals surface area contributed by atoms with Crippen molar-refractivity contribution in [2.45, 2.75) is 40.2 Å². The van der Waals surface area contributed by atoms with Gasteiger partial charge in [-0.15, -0.1) is 5.10 Å². The van der Waals surface area contributed by atoms with E-state index in [1.54, 1.807) is 16.9 Å². The Hall–Kier alpha value is -2.31. The fourth-order valence-electron chi connectivity index (χ4n) is 4.70. The number of aromatic nitrogens is 3. The molecule has 2 aliphatic rings. The first-order valence-corrected chi connectivity index (χ1v) is 11.7. The van der Waals surface area contributed by atoms with Crippen molar-refractivity contribution in [2.75, 3.05) is 7.05 Å². The average Bonchev–Trinajstić information content (AvgIpc) is 3.38. The molecule has 4 nitrogen and oxygen atoms in total. The normalized spacial score (nSPS) is 20.1. The topological polar surface area (TPSA) is 32.9 Å². The zero-order valence-corrected chi connectivity index (χ0v) is 18.9. The standard InChI is InChI=1S/C23H25N4S2/c1-5-27-17-13-14-18-21(24-25-29-18)22(17)28-20(27)12-8-11-19-23(2,3)15-9-6-7-10-16(15)26(19)4/h7-8,10-14H,5-6,9H2,1-4H3/q+1. The fraction of sp³-hybridized carbons (Fsp3) is 0.348. The average molecular weight is 422 g/mol. The van der Waals surface area contributed by atoms with E-state index in [2.05, 4.69) is 89.4 Å². The lowest BCUT2D eigenvalue weighted by atomic mass is 9.79. The quantitative estimate of drug-likeness (QED) is 0.510. The van der Waals surface area contributed by atoms with Gasteiger partial charge in [0.2, 0.25) is 5.52 Å². The number of likely N-dealkylation sites (N-methyl/N-ethyl adjacent to an activating group) is 1. The zero-order valence-electron chi connectivity index (χ0n) is 17.3. The van der Waals surface area contributed by atoms with Crippen LogP contribution in [0.5, 0.6) is 0 Å². The first-order valence-electron chi connectivity index (χ1n) is 10.1. The second kappa shape index (κ2) is 6.89. The highest BCUT2D eigenvalue weighted by atomic mass is 32.1. The molecular weight excluding hydrogens is 396 g/mol. The summed E-state index contributed by atoms with van der Waals surface area (Å²) in [5.74, 6) is 0. The SMILES string of the molecule is CC[n+]1c(/C=C\C=C2\N(C)C3=C(CCC=C3)C2(C)C)sc2c3nnsc3ccc21. The molecule has 6 heteroatoms. The Kier molecular flexibility index (Phi) is 4.44. The molecule has 3 heterocycles. The van der Waals surface area contributed by atoms with Crippen molar-refractivity contribution in [1.29, 1.82) is 0 Å². The lowest BCUT2D eigenvalue weighted by Gasteiger charge is -2.26. The van der Waals surface area contributed by atoms with Crippen molar-refractivity contribution in [1.82, 2.24) is 14.5 Å². The predicted molar refractivity (Wildman–Crippen MR) is 123 cm³/mol. The molecule has 2 aromatic heterocycles. The van der Waals surface area contributed by atoms with Crippen LogP contribution in [0.25, 0.3) is 26.5 Å². The van der Waals surface area contributed by atoms with Crippen molar-refractivity contribution < 1.29 is 4.57 Å². The van der Waals surface area contributed by atoms with E-state index in [4.69, 9.17) is 0 Å². The van der Waals surface area contributed by atoms with Crippen molar-refractivity contribution in [3.05, 3.63) is 58.4 Å².